The van der Waals surface area contributed by atoms with Crippen molar-refractivity contribution < 1.29 is 19.0 Å². The Labute approximate surface area is 109 Å². The molecule has 1 aliphatic heterocycles. The Morgan fingerprint density at radius 3 is 2.63 bits per heavy atom. The number of carbonyl (C=O) groups is 1. The van der Waals surface area contributed by atoms with Gasteiger partial charge in [0.1, 0.15) is 23.9 Å². The molecule has 96 valence electrons. The van der Waals surface area contributed by atoms with Gasteiger partial charge >= 0.3 is 0 Å². The highest BCUT2D eigenvalue weighted by molar-refractivity contribution is 6.04. The summed E-state index contributed by atoms with van der Waals surface area (Å²) in [5, 5.41) is 9.35. The number of aromatic hydroxyl groups is 1. The van der Waals surface area contributed by atoms with Crippen LogP contribution in [0.5, 0.6) is 11.5 Å². The molecule has 0 spiro atoms. The van der Waals surface area contributed by atoms with E-state index in [0.717, 1.165) is 5.56 Å². The smallest absolute Gasteiger partial charge is 0.177 e. The van der Waals surface area contributed by atoms with E-state index in [0.29, 0.717) is 11.3 Å². The van der Waals surface area contributed by atoms with E-state index in [4.69, 9.17) is 4.74 Å². The maximum absolute atomic E-state index is 12.9. The minimum Gasteiger partial charge on any atom is -0.508 e. The Balaban J connectivity index is 1.97. The number of hydrogen-bond acceptors (Lipinski definition) is 3. The van der Waals surface area contributed by atoms with E-state index in [9.17, 15) is 14.3 Å². The van der Waals surface area contributed by atoms with Gasteiger partial charge in [0, 0.05) is 6.07 Å². The van der Waals surface area contributed by atoms with E-state index in [2.05, 4.69) is 0 Å². The SMILES string of the molecule is O=C1c2ccc(O)cc2OCC1c1ccc(F)cc1. The fraction of sp³-hybridized carbons (Fsp3) is 0.133. The molecule has 0 bridgehead atoms. The van der Waals surface area contributed by atoms with Gasteiger partial charge in [-0.15, -0.1) is 0 Å². The van der Waals surface area contributed by atoms with Crippen molar-refractivity contribution in [2.75, 3.05) is 6.61 Å². The summed E-state index contributed by atoms with van der Waals surface area (Å²) in [6.07, 6.45) is 0. The monoisotopic (exact) mass is 258 g/mol. The molecule has 0 amide bonds. The van der Waals surface area contributed by atoms with Gasteiger partial charge in [0.05, 0.1) is 11.5 Å². The van der Waals surface area contributed by atoms with Gasteiger partial charge in [-0.25, -0.2) is 4.39 Å². The number of Topliss-reactive ketones (excluding diaryl/α,β-unsaturated/α-hetero) is 1. The largest absolute Gasteiger partial charge is 0.508 e. The lowest BCUT2D eigenvalue weighted by atomic mass is 9.89. The van der Waals surface area contributed by atoms with Crippen LogP contribution in [-0.4, -0.2) is 17.5 Å². The molecule has 0 saturated heterocycles. The predicted octanol–water partition coefficient (Wildman–Crippen LogP) is 2.89. The van der Waals surface area contributed by atoms with E-state index >= 15 is 0 Å². The molecule has 4 heteroatoms. The lowest BCUT2D eigenvalue weighted by molar-refractivity contribution is 0.0896. The summed E-state index contributed by atoms with van der Waals surface area (Å²) >= 11 is 0. The van der Waals surface area contributed by atoms with Crippen molar-refractivity contribution in [1.82, 2.24) is 0 Å². The Hall–Kier alpha value is -2.36. The van der Waals surface area contributed by atoms with Crippen LogP contribution in [0.4, 0.5) is 4.39 Å². The van der Waals surface area contributed by atoms with Crippen molar-refractivity contribution in [2.45, 2.75) is 5.92 Å². The summed E-state index contributed by atoms with van der Waals surface area (Å²) in [6.45, 7) is 0.195. The first-order chi connectivity index (χ1) is 9.15. The molecule has 19 heavy (non-hydrogen) atoms. The van der Waals surface area contributed by atoms with E-state index in [1.807, 2.05) is 0 Å². The molecule has 0 fully saturated rings. The van der Waals surface area contributed by atoms with Crippen molar-refractivity contribution in [3.63, 3.8) is 0 Å². The highest BCUT2D eigenvalue weighted by Gasteiger charge is 2.30. The quantitative estimate of drug-likeness (QED) is 0.855. The number of ketones is 1. The molecular formula is C15H11FO3. The van der Waals surface area contributed by atoms with Crippen LogP contribution < -0.4 is 4.74 Å². The average Bonchev–Trinajstić information content (AvgIpc) is 2.40. The van der Waals surface area contributed by atoms with Crippen LogP contribution >= 0.6 is 0 Å². The highest BCUT2D eigenvalue weighted by atomic mass is 19.1. The Morgan fingerprint density at radius 2 is 1.89 bits per heavy atom. The number of carbonyl (C=O) groups excluding carboxylic acids is 1. The molecular weight excluding hydrogens is 247 g/mol. The molecule has 1 N–H and O–H groups in total. The molecule has 2 aromatic rings. The van der Waals surface area contributed by atoms with E-state index < -0.39 is 5.92 Å². The fourth-order valence-corrected chi connectivity index (χ4v) is 2.21. The molecule has 0 radical (unpaired) electrons. The standard InChI is InChI=1S/C15H11FO3/c16-10-3-1-9(2-4-10)13-8-19-14-7-11(17)5-6-12(14)15(13)18/h1-7,13,17H,8H2. The van der Waals surface area contributed by atoms with Crippen molar-refractivity contribution in [2.24, 2.45) is 0 Å². The summed E-state index contributed by atoms with van der Waals surface area (Å²) < 4.78 is 18.4. The zero-order valence-electron chi connectivity index (χ0n) is 9.97. The molecule has 1 heterocycles. The molecule has 1 atom stereocenters. The van der Waals surface area contributed by atoms with E-state index in [-0.39, 0.29) is 24.0 Å². The summed E-state index contributed by atoms with van der Waals surface area (Å²) in [5.41, 5.74) is 1.17. The molecule has 0 aromatic heterocycles. The number of phenols is 1. The zero-order valence-corrected chi connectivity index (χ0v) is 9.97. The maximum Gasteiger partial charge on any atom is 0.177 e. The van der Waals surface area contributed by atoms with Gasteiger partial charge in [0.15, 0.2) is 5.78 Å². The molecule has 0 saturated carbocycles. The second kappa shape index (κ2) is 4.39. The molecule has 0 aliphatic carbocycles. The van der Waals surface area contributed by atoms with Crippen molar-refractivity contribution in [1.29, 1.82) is 0 Å². The van der Waals surface area contributed by atoms with Gasteiger partial charge in [-0.2, -0.15) is 0 Å². The third-order valence-electron chi connectivity index (χ3n) is 3.23. The molecule has 2 aromatic carbocycles. The van der Waals surface area contributed by atoms with Crippen LogP contribution in [0, 0.1) is 5.82 Å². The number of benzene rings is 2. The normalized spacial score (nSPS) is 17.7. The summed E-state index contributed by atoms with van der Waals surface area (Å²) in [5.74, 6) is -0.390. The van der Waals surface area contributed by atoms with Crippen LogP contribution in [0.1, 0.15) is 21.8 Å². The second-order valence-electron chi connectivity index (χ2n) is 4.46. The van der Waals surface area contributed by atoms with Crippen LogP contribution in [0.25, 0.3) is 0 Å². The minimum absolute atomic E-state index is 0.0618. The van der Waals surface area contributed by atoms with E-state index in [1.165, 1.54) is 24.3 Å². The molecule has 1 aliphatic rings. The van der Waals surface area contributed by atoms with E-state index in [1.54, 1.807) is 18.2 Å². The van der Waals surface area contributed by atoms with Crippen LogP contribution in [-0.2, 0) is 0 Å². The second-order valence-corrected chi connectivity index (χ2v) is 4.46. The van der Waals surface area contributed by atoms with Gasteiger partial charge in [0.25, 0.3) is 0 Å². The summed E-state index contributed by atoms with van der Waals surface area (Å²) in [7, 11) is 0. The van der Waals surface area contributed by atoms with Gasteiger partial charge in [-0.1, -0.05) is 12.1 Å². The number of halogens is 1. The topological polar surface area (TPSA) is 46.5 Å². The average molecular weight is 258 g/mol. The van der Waals surface area contributed by atoms with Gasteiger partial charge < -0.3 is 9.84 Å². The lowest BCUT2D eigenvalue weighted by Crippen LogP contribution is -2.25. The van der Waals surface area contributed by atoms with Crippen molar-refractivity contribution in [3.05, 3.63) is 59.4 Å². The first kappa shape index (κ1) is 11.7. The summed E-state index contributed by atoms with van der Waals surface area (Å²) in [6, 6.07) is 10.3. The number of fused-ring (bicyclic) bond motifs is 1. The van der Waals surface area contributed by atoms with Crippen molar-refractivity contribution >= 4 is 5.78 Å². The van der Waals surface area contributed by atoms with Gasteiger partial charge in [-0.05, 0) is 29.8 Å². The fourth-order valence-electron chi connectivity index (χ4n) is 2.21. The van der Waals surface area contributed by atoms with Crippen LogP contribution in [0.2, 0.25) is 0 Å². The predicted molar refractivity (Wildman–Crippen MR) is 67.1 cm³/mol. The number of rotatable bonds is 1. The third kappa shape index (κ3) is 2.05. The Kier molecular flexibility index (Phi) is 2.71. The van der Waals surface area contributed by atoms with Gasteiger partial charge in [-0.3, -0.25) is 4.79 Å². The number of hydrogen-bond donors (Lipinski definition) is 1. The highest BCUT2D eigenvalue weighted by Crippen LogP contribution is 2.34. The first-order valence-electron chi connectivity index (χ1n) is 5.90. The zero-order chi connectivity index (χ0) is 13.4. The number of ether oxygens (including phenoxy) is 1. The first-order valence-corrected chi connectivity index (χ1v) is 5.90. The Bertz CT molecular complexity index is 634. The minimum atomic E-state index is -0.433. The molecule has 3 rings (SSSR count). The third-order valence-corrected chi connectivity index (χ3v) is 3.23. The Morgan fingerprint density at radius 1 is 1.16 bits per heavy atom. The lowest BCUT2D eigenvalue weighted by Gasteiger charge is -2.24. The maximum atomic E-state index is 12.9. The molecule has 3 nitrogen and oxygen atoms in total. The summed E-state index contributed by atoms with van der Waals surface area (Å²) in [4.78, 5) is 12.4. The van der Waals surface area contributed by atoms with Crippen LogP contribution in [0.3, 0.4) is 0 Å². The number of phenolic OH excluding ortho intramolecular Hbond substituents is 1. The van der Waals surface area contributed by atoms with Crippen LogP contribution in [0.15, 0.2) is 42.5 Å². The van der Waals surface area contributed by atoms with Crippen molar-refractivity contribution in [3.8, 4) is 11.5 Å². The molecule has 1 unspecified atom stereocenters. The van der Waals surface area contributed by atoms with Gasteiger partial charge in [0.2, 0.25) is 0 Å².